The van der Waals surface area contributed by atoms with Gasteiger partial charge in [-0.3, -0.25) is 0 Å². The number of nitrogens with one attached hydrogen (secondary N) is 1. The Morgan fingerprint density at radius 2 is 2.00 bits per heavy atom. The zero-order valence-electron chi connectivity index (χ0n) is 10.7. The topological polar surface area (TPSA) is 15.3 Å². The van der Waals surface area contributed by atoms with E-state index in [-0.39, 0.29) is 5.82 Å². The molecule has 1 aliphatic heterocycles. The van der Waals surface area contributed by atoms with Gasteiger partial charge in [0.05, 0.1) is 5.69 Å². The molecule has 0 unspecified atom stereocenters. The van der Waals surface area contributed by atoms with Gasteiger partial charge in [0.1, 0.15) is 5.82 Å². The summed E-state index contributed by atoms with van der Waals surface area (Å²) in [6.07, 6.45) is 3.39. The Kier molecular flexibility index (Phi) is 4.00. The molecule has 0 atom stereocenters. The normalized spacial score (nSPS) is 17.1. The Morgan fingerprint density at radius 1 is 1.29 bits per heavy atom. The average molecular weight is 236 g/mol. The van der Waals surface area contributed by atoms with E-state index in [0.717, 1.165) is 30.8 Å². The van der Waals surface area contributed by atoms with Crippen molar-refractivity contribution in [3.05, 3.63) is 29.6 Å². The molecule has 2 rings (SSSR count). The lowest BCUT2D eigenvalue weighted by Gasteiger charge is -2.25. The Labute approximate surface area is 103 Å². The minimum absolute atomic E-state index is 0.110. The van der Waals surface area contributed by atoms with E-state index in [2.05, 4.69) is 11.4 Å². The SMILES string of the molecule is CN(C)c1c(F)cccc1CC1CCNCC1. The second-order valence-electron chi connectivity index (χ2n) is 5.04. The molecule has 0 aliphatic carbocycles. The fourth-order valence-corrected chi connectivity index (χ4v) is 2.62. The van der Waals surface area contributed by atoms with Crippen LogP contribution in [0.1, 0.15) is 18.4 Å². The van der Waals surface area contributed by atoms with Gasteiger partial charge >= 0.3 is 0 Å². The molecule has 17 heavy (non-hydrogen) atoms. The summed E-state index contributed by atoms with van der Waals surface area (Å²) in [5, 5.41) is 3.36. The summed E-state index contributed by atoms with van der Waals surface area (Å²) in [7, 11) is 3.81. The van der Waals surface area contributed by atoms with Crippen molar-refractivity contribution in [1.29, 1.82) is 0 Å². The first-order chi connectivity index (χ1) is 8.18. The van der Waals surface area contributed by atoms with Crippen LogP contribution in [0.15, 0.2) is 18.2 Å². The second kappa shape index (κ2) is 5.50. The molecule has 1 N–H and O–H groups in total. The summed E-state index contributed by atoms with van der Waals surface area (Å²) >= 11 is 0. The van der Waals surface area contributed by atoms with E-state index >= 15 is 0 Å². The molecule has 1 aromatic carbocycles. The molecule has 1 saturated heterocycles. The van der Waals surface area contributed by atoms with E-state index in [9.17, 15) is 4.39 Å². The van der Waals surface area contributed by atoms with Gasteiger partial charge in [0.25, 0.3) is 0 Å². The van der Waals surface area contributed by atoms with Gasteiger partial charge in [-0.25, -0.2) is 4.39 Å². The lowest BCUT2D eigenvalue weighted by atomic mass is 9.90. The highest BCUT2D eigenvalue weighted by Gasteiger charge is 2.17. The van der Waals surface area contributed by atoms with E-state index in [1.54, 1.807) is 6.07 Å². The quantitative estimate of drug-likeness (QED) is 0.867. The van der Waals surface area contributed by atoms with E-state index in [1.165, 1.54) is 12.8 Å². The number of para-hydroxylation sites is 1. The summed E-state index contributed by atoms with van der Waals surface area (Å²) in [4.78, 5) is 1.88. The predicted octanol–water partition coefficient (Wildman–Crippen LogP) is 2.43. The van der Waals surface area contributed by atoms with E-state index in [4.69, 9.17) is 0 Å². The monoisotopic (exact) mass is 236 g/mol. The zero-order chi connectivity index (χ0) is 12.3. The molecule has 1 aromatic rings. The number of hydrogen-bond donors (Lipinski definition) is 1. The number of benzene rings is 1. The lowest BCUT2D eigenvalue weighted by Crippen LogP contribution is -2.29. The van der Waals surface area contributed by atoms with Gasteiger partial charge in [-0.05, 0) is 49.9 Å². The van der Waals surface area contributed by atoms with Crippen LogP contribution in [0.3, 0.4) is 0 Å². The number of piperidine rings is 1. The molecular weight excluding hydrogens is 215 g/mol. The summed E-state index contributed by atoms with van der Waals surface area (Å²) in [6, 6.07) is 5.42. The lowest BCUT2D eigenvalue weighted by molar-refractivity contribution is 0.372. The standard InChI is InChI=1S/C14H21FN2/c1-17(2)14-12(4-3-5-13(14)15)10-11-6-8-16-9-7-11/h3-5,11,16H,6-10H2,1-2H3. The first-order valence-corrected chi connectivity index (χ1v) is 6.34. The van der Waals surface area contributed by atoms with Gasteiger partial charge in [0.2, 0.25) is 0 Å². The summed E-state index contributed by atoms with van der Waals surface area (Å²) in [5.41, 5.74) is 1.90. The highest BCUT2D eigenvalue weighted by Crippen LogP contribution is 2.27. The van der Waals surface area contributed by atoms with Crippen LogP contribution in [0.4, 0.5) is 10.1 Å². The predicted molar refractivity (Wildman–Crippen MR) is 70.0 cm³/mol. The van der Waals surface area contributed by atoms with Crippen molar-refractivity contribution < 1.29 is 4.39 Å². The molecular formula is C14H21FN2. The van der Waals surface area contributed by atoms with Gasteiger partial charge in [-0.15, -0.1) is 0 Å². The van der Waals surface area contributed by atoms with Crippen LogP contribution < -0.4 is 10.2 Å². The van der Waals surface area contributed by atoms with Gasteiger partial charge in [0.15, 0.2) is 0 Å². The molecule has 0 bridgehead atoms. The van der Waals surface area contributed by atoms with Crippen LogP contribution in [0.25, 0.3) is 0 Å². The minimum Gasteiger partial charge on any atom is -0.375 e. The first kappa shape index (κ1) is 12.4. The number of nitrogens with zero attached hydrogens (tertiary/aromatic N) is 1. The maximum atomic E-state index is 13.8. The van der Waals surface area contributed by atoms with Gasteiger partial charge < -0.3 is 10.2 Å². The van der Waals surface area contributed by atoms with Crippen molar-refractivity contribution in [3.63, 3.8) is 0 Å². The Morgan fingerprint density at radius 3 is 2.65 bits per heavy atom. The number of hydrogen-bond acceptors (Lipinski definition) is 2. The third kappa shape index (κ3) is 2.97. The van der Waals surface area contributed by atoms with E-state index in [1.807, 2.05) is 25.1 Å². The molecule has 0 radical (unpaired) electrons. The molecule has 0 amide bonds. The third-order valence-corrected chi connectivity index (χ3v) is 3.48. The molecule has 94 valence electrons. The van der Waals surface area contributed by atoms with Crippen molar-refractivity contribution in [2.45, 2.75) is 19.3 Å². The maximum Gasteiger partial charge on any atom is 0.146 e. The molecule has 0 saturated carbocycles. The fourth-order valence-electron chi connectivity index (χ4n) is 2.62. The van der Waals surface area contributed by atoms with Crippen LogP contribution in [0, 0.1) is 11.7 Å². The average Bonchev–Trinajstić information content (AvgIpc) is 2.30. The molecule has 1 heterocycles. The molecule has 1 fully saturated rings. The van der Waals surface area contributed by atoms with Gasteiger partial charge in [-0.2, -0.15) is 0 Å². The van der Waals surface area contributed by atoms with Crippen LogP contribution in [-0.4, -0.2) is 27.2 Å². The molecule has 1 aliphatic rings. The molecule has 0 aromatic heterocycles. The summed E-state index contributed by atoms with van der Waals surface area (Å²) in [5.74, 6) is 0.582. The fraction of sp³-hybridized carbons (Fsp3) is 0.571. The van der Waals surface area contributed by atoms with Crippen LogP contribution in [0.5, 0.6) is 0 Å². The van der Waals surface area contributed by atoms with Gasteiger partial charge in [0, 0.05) is 14.1 Å². The zero-order valence-corrected chi connectivity index (χ0v) is 10.7. The summed E-state index contributed by atoms with van der Waals surface area (Å²) in [6.45, 7) is 2.19. The third-order valence-electron chi connectivity index (χ3n) is 3.48. The molecule has 0 spiro atoms. The highest BCUT2D eigenvalue weighted by molar-refractivity contribution is 5.53. The van der Waals surface area contributed by atoms with Crippen molar-refractivity contribution in [1.82, 2.24) is 5.32 Å². The number of anilines is 1. The Bertz CT molecular complexity index is 370. The van der Waals surface area contributed by atoms with E-state index < -0.39 is 0 Å². The van der Waals surface area contributed by atoms with Crippen LogP contribution in [-0.2, 0) is 6.42 Å². The Balaban J connectivity index is 2.16. The first-order valence-electron chi connectivity index (χ1n) is 6.34. The second-order valence-corrected chi connectivity index (χ2v) is 5.04. The highest BCUT2D eigenvalue weighted by atomic mass is 19.1. The smallest absolute Gasteiger partial charge is 0.146 e. The molecule has 3 heteroatoms. The Hall–Kier alpha value is -1.09. The largest absolute Gasteiger partial charge is 0.375 e. The van der Waals surface area contributed by atoms with Crippen molar-refractivity contribution in [2.24, 2.45) is 5.92 Å². The van der Waals surface area contributed by atoms with Crippen molar-refractivity contribution in [3.8, 4) is 0 Å². The number of halogens is 1. The maximum absolute atomic E-state index is 13.8. The van der Waals surface area contributed by atoms with Gasteiger partial charge in [-0.1, -0.05) is 12.1 Å². The molecule has 2 nitrogen and oxygen atoms in total. The van der Waals surface area contributed by atoms with Crippen LogP contribution in [0.2, 0.25) is 0 Å². The van der Waals surface area contributed by atoms with Crippen molar-refractivity contribution in [2.75, 3.05) is 32.1 Å². The van der Waals surface area contributed by atoms with E-state index in [0.29, 0.717) is 5.92 Å². The minimum atomic E-state index is -0.110. The number of rotatable bonds is 3. The van der Waals surface area contributed by atoms with Crippen LogP contribution >= 0.6 is 0 Å². The van der Waals surface area contributed by atoms with Crippen molar-refractivity contribution >= 4 is 5.69 Å². The summed E-state index contributed by atoms with van der Waals surface area (Å²) < 4.78 is 13.8.